The first-order valence-electron chi connectivity index (χ1n) is 10.4. The second-order valence-electron chi connectivity index (χ2n) is 7.59. The minimum atomic E-state index is -0.492. The van der Waals surface area contributed by atoms with Gasteiger partial charge in [-0.15, -0.1) is 0 Å². The van der Waals surface area contributed by atoms with Crippen LogP contribution in [0.3, 0.4) is 0 Å². The Hall–Kier alpha value is -3.73. The average Bonchev–Trinajstić information content (AvgIpc) is 2.83. The SMILES string of the molecule is O=C(COC(=O)c1ccc2c(c1)CCCC2)c1ccc(NC(=O)c2ccccc2)cc1. The summed E-state index contributed by atoms with van der Waals surface area (Å²) in [6.07, 6.45) is 4.33. The van der Waals surface area contributed by atoms with Crippen LogP contribution >= 0.6 is 0 Å². The zero-order valence-corrected chi connectivity index (χ0v) is 17.1. The average molecular weight is 413 g/mol. The first-order chi connectivity index (χ1) is 15.1. The molecule has 5 heteroatoms. The van der Waals surface area contributed by atoms with Gasteiger partial charge in [-0.25, -0.2) is 4.79 Å². The number of nitrogens with one attached hydrogen (secondary N) is 1. The smallest absolute Gasteiger partial charge is 0.338 e. The number of anilines is 1. The number of fused-ring (bicyclic) bond motifs is 1. The van der Waals surface area contributed by atoms with Crippen molar-refractivity contribution in [3.63, 3.8) is 0 Å². The normalized spacial score (nSPS) is 12.5. The molecule has 1 aliphatic rings. The van der Waals surface area contributed by atoms with Crippen molar-refractivity contribution in [3.05, 3.63) is 101 Å². The Labute approximate surface area is 181 Å². The highest BCUT2D eigenvalue weighted by Gasteiger charge is 2.16. The van der Waals surface area contributed by atoms with Gasteiger partial charge in [-0.3, -0.25) is 9.59 Å². The van der Waals surface area contributed by atoms with Gasteiger partial charge < -0.3 is 10.1 Å². The number of hydrogen-bond donors (Lipinski definition) is 1. The molecule has 0 saturated carbocycles. The number of ether oxygens (including phenoxy) is 1. The summed E-state index contributed by atoms with van der Waals surface area (Å²) in [6, 6.07) is 21.0. The maximum atomic E-state index is 12.4. The number of rotatable bonds is 6. The Balaban J connectivity index is 1.32. The molecule has 1 N–H and O–H groups in total. The topological polar surface area (TPSA) is 72.5 Å². The van der Waals surface area contributed by atoms with E-state index in [9.17, 15) is 14.4 Å². The van der Waals surface area contributed by atoms with Gasteiger partial charge in [-0.05, 0) is 85.3 Å². The number of Topliss-reactive ketones (excluding diaryl/α,β-unsaturated/α-hetero) is 1. The molecule has 0 unspecified atom stereocenters. The molecule has 5 nitrogen and oxygen atoms in total. The molecule has 3 aromatic carbocycles. The highest BCUT2D eigenvalue weighted by Crippen LogP contribution is 2.22. The minimum Gasteiger partial charge on any atom is -0.454 e. The fourth-order valence-electron chi connectivity index (χ4n) is 3.69. The van der Waals surface area contributed by atoms with Crippen molar-refractivity contribution in [1.82, 2.24) is 0 Å². The molecule has 0 atom stereocenters. The van der Waals surface area contributed by atoms with Crippen LogP contribution in [0.4, 0.5) is 5.69 Å². The zero-order valence-electron chi connectivity index (χ0n) is 17.1. The molecule has 0 bridgehead atoms. The van der Waals surface area contributed by atoms with E-state index in [4.69, 9.17) is 4.74 Å². The van der Waals surface area contributed by atoms with E-state index in [0.29, 0.717) is 22.4 Å². The van der Waals surface area contributed by atoms with Crippen molar-refractivity contribution in [2.24, 2.45) is 0 Å². The molecular weight excluding hydrogens is 390 g/mol. The van der Waals surface area contributed by atoms with Gasteiger partial charge in [0.15, 0.2) is 12.4 Å². The Kier molecular flexibility index (Phi) is 6.22. The van der Waals surface area contributed by atoms with Crippen LogP contribution in [-0.4, -0.2) is 24.3 Å². The van der Waals surface area contributed by atoms with Gasteiger partial charge in [0.2, 0.25) is 0 Å². The lowest BCUT2D eigenvalue weighted by molar-refractivity contribution is 0.0474. The predicted molar refractivity (Wildman–Crippen MR) is 119 cm³/mol. The van der Waals surface area contributed by atoms with Crippen molar-refractivity contribution >= 4 is 23.3 Å². The minimum absolute atomic E-state index is 0.223. The Morgan fingerprint density at radius 1 is 0.742 bits per heavy atom. The number of esters is 1. The van der Waals surface area contributed by atoms with Crippen LogP contribution < -0.4 is 5.32 Å². The van der Waals surface area contributed by atoms with Crippen LogP contribution in [0.1, 0.15) is 55.0 Å². The third-order valence-electron chi connectivity index (χ3n) is 5.42. The van der Waals surface area contributed by atoms with Gasteiger partial charge in [-0.1, -0.05) is 24.3 Å². The van der Waals surface area contributed by atoms with Crippen molar-refractivity contribution in [2.75, 3.05) is 11.9 Å². The molecule has 1 amide bonds. The van der Waals surface area contributed by atoms with Crippen LogP contribution in [0, 0.1) is 0 Å². The third-order valence-corrected chi connectivity index (χ3v) is 5.42. The molecule has 1 aliphatic carbocycles. The van der Waals surface area contributed by atoms with Gasteiger partial charge in [0, 0.05) is 16.8 Å². The summed E-state index contributed by atoms with van der Waals surface area (Å²) in [4.78, 5) is 37.0. The van der Waals surface area contributed by atoms with E-state index in [1.807, 2.05) is 18.2 Å². The first-order valence-corrected chi connectivity index (χ1v) is 10.4. The third kappa shape index (κ3) is 5.07. The molecule has 31 heavy (non-hydrogen) atoms. The largest absolute Gasteiger partial charge is 0.454 e. The second kappa shape index (κ2) is 9.39. The molecule has 3 aromatic rings. The summed E-state index contributed by atoms with van der Waals surface area (Å²) >= 11 is 0. The second-order valence-corrected chi connectivity index (χ2v) is 7.59. The summed E-state index contributed by atoms with van der Waals surface area (Å²) in [6.45, 7) is -0.328. The number of ketones is 1. The van der Waals surface area contributed by atoms with E-state index in [0.717, 1.165) is 19.3 Å². The molecule has 156 valence electrons. The molecule has 0 heterocycles. The van der Waals surface area contributed by atoms with Crippen LogP contribution in [0.5, 0.6) is 0 Å². The highest BCUT2D eigenvalue weighted by atomic mass is 16.5. The van der Waals surface area contributed by atoms with E-state index >= 15 is 0 Å². The van der Waals surface area contributed by atoms with Gasteiger partial charge in [0.1, 0.15) is 0 Å². The van der Waals surface area contributed by atoms with Crippen LogP contribution in [0.2, 0.25) is 0 Å². The predicted octanol–water partition coefficient (Wildman–Crippen LogP) is 4.86. The Morgan fingerprint density at radius 2 is 1.42 bits per heavy atom. The molecule has 0 fully saturated rings. The molecule has 0 aliphatic heterocycles. The first kappa shape index (κ1) is 20.5. The lowest BCUT2D eigenvalue weighted by Gasteiger charge is -2.16. The number of hydrogen-bond acceptors (Lipinski definition) is 4. The van der Waals surface area contributed by atoms with E-state index in [1.165, 1.54) is 17.5 Å². The van der Waals surface area contributed by atoms with Gasteiger partial charge in [0.05, 0.1) is 5.56 Å². The molecule has 4 rings (SSSR count). The number of amides is 1. The quantitative estimate of drug-likeness (QED) is 0.463. The van der Waals surface area contributed by atoms with Crippen LogP contribution in [0.15, 0.2) is 72.8 Å². The molecular formula is C26H23NO4. The Morgan fingerprint density at radius 3 is 2.16 bits per heavy atom. The number of carbonyl (C=O) groups is 3. The lowest BCUT2D eigenvalue weighted by Crippen LogP contribution is -2.15. The lowest BCUT2D eigenvalue weighted by atomic mass is 9.90. The summed E-state index contributed by atoms with van der Waals surface area (Å²) in [5.41, 5.74) is 4.51. The van der Waals surface area contributed by atoms with Gasteiger partial charge >= 0.3 is 5.97 Å². The fourth-order valence-corrected chi connectivity index (χ4v) is 3.69. The molecule has 0 radical (unpaired) electrons. The standard InChI is InChI=1S/C26H23NO4/c28-24(17-31-26(30)22-11-10-18-6-4-5-9-21(18)16-22)19-12-14-23(15-13-19)27-25(29)20-7-2-1-3-8-20/h1-3,7-8,10-16H,4-6,9,17H2,(H,27,29). The highest BCUT2D eigenvalue weighted by molar-refractivity contribution is 6.05. The summed E-state index contributed by atoms with van der Waals surface area (Å²) < 4.78 is 5.23. The summed E-state index contributed by atoms with van der Waals surface area (Å²) in [5.74, 6) is -1.01. The summed E-state index contributed by atoms with van der Waals surface area (Å²) in [5, 5.41) is 2.79. The number of aryl methyl sites for hydroxylation is 2. The van der Waals surface area contributed by atoms with E-state index in [-0.39, 0.29) is 18.3 Å². The van der Waals surface area contributed by atoms with Crippen molar-refractivity contribution in [3.8, 4) is 0 Å². The zero-order chi connectivity index (χ0) is 21.6. The van der Waals surface area contributed by atoms with E-state index in [2.05, 4.69) is 5.32 Å². The van der Waals surface area contributed by atoms with Crippen molar-refractivity contribution < 1.29 is 19.1 Å². The maximum Gasteiger partial charge on any atom is 0.338 e. The molecule has 0 aromatic heterocycles. The van der Waals surface area contributed by atoms with Crippen LogP contribution in [-0.2, 0) is 17.6 Å². The monoisotopic (exact) mass is 413 g/mol. The molecule has 0 saturated heterocycles. The van der Waals surface area contributed by atoms with Gasteiger partial charge in [-0.2, -0.15) is 0 Å². The number of benzene rings is 3. The Bertz CT molecular complexity index is 1100. The van der Waals surface area contributed by atoms with Crippen molar-refractivity contribution in [1.29, 1.82) is 0 Å². The summed E-state index contributed by atoms with van der Waals surface area (Å²) in [7, 11) is 0. The van der Waals surface area contributed by atoms with E-state index < -0.39 is 5.97 Å². The van der Waals surface area contributed by atoms with Gasteiger partial charge in [0.25, 0.3) is 5.91 Å². The van der Waals surface area contributed by atoms with Crippen molar-refractivity contribution in [2.45, 2.75) is 25.7 Å². The van der Waals surface area contributed by atoms with Crippen LogP contribution in [0.25, 0.3) is 0 Å². The number of carbonyl (C=O) groups excluding carboxylic acids is 3. The molecule has 0 spiro atoms. The van der Waals surface area contributed by atoms with E-state index in [1.54, 1.807) is 54.6 Å². The maximum absolute atomic E-state index is 12.4. The fraction of sp³-hybridized carbons (Fsp3) is 0.192.